The van der Waals surface area contributed by atoms with E-state index in [-0.39, 0.29) is 36.6 Å². The van der Waals surface area contributed by atoms with Crippen molar-refractivity contribution in [1.29, 1.82) is 0 Å². The molecule has 2 aromatic carbocycles. The van der Waals surface area contributed by atoms with E-state index in [1.807, 2.05) is 34.6 Å². The van der Waals surface area contributed by atoms with Crippen molar-refractivity contribution in [3.63, 3.8) is 0 Å². The molecule has 0 spiro atoms. The van der Waals surface area contributed by atoms with Gasteiger partial charge in [0.1, 0.15) is 29.8 Å². The van der Waals surface area contributed by atoms with E-state index >= 15 is 0 Å². The summed E-state index contributed by atoms with van der Waals surface area (Å²) in [5, 5.41) is 0. The van der Waals surface area contributed by atoms with E-state index in [2.05, 4.69) is 0 Å². The highest BCUT2D eigenvalue weighted by molar-refractivity contribution is 6.00. The van der Waals surface area contributed by atoms with Crippen molar-refractivity contribution in [3.8, 4) is 5.75 Å². The Morgan fingerprint density at radius 3 is 2.14 bits per heavy atom. The Morgan fingerprint density at radius 2 is 1.57 bits per heavy atom. The molecule has 0 aliphatic heterocycles. The van der Waals surface area contributed by atoms with Gasteiger partial charge in [0.2, 0.25) is 0 Å². The SMILES string of the molecule is CC.CC.CC(=O)CCC(=O)c1cc(C)ccc1OCc1ccc(F)cc1F. The second-order valence-corrected chi connectivity index (χ2v) is 5.65. The van der Waals surface area contributed by atoms with Gasteiger partial charge in [-0.15, -0.1) is 0 Å². The normalized spacial score (nSPS) is 9.43. The van der Waals surface area contributed by atoms with E-state index in [1.165, 1.54) is 13.0 Å². The Balaban J connectivity index is 0.00000171. The summed E-state index contributed by atoms with van der Waals surface area (Å²) >= 11 is 0. The summed E-state index contributed by atoms with van der Waals surface area (Å²) in [7, 11) is 0. The molecule has 0 atom stereocenters. The van der Waals surface area contributed by atoms with Crippen LogP contribution >= 0.6 is 0 Å². The van der Waals surface area contributed by atoms with Crippen LogP contribution in [0.25, 0.3) is 0 Å². The van der Waals surface area contributed by atoms with Crippen LogP contribution in [-0.2, 0) is 11.4 Å². The maximum absolute atomic E-state index is 13.7. The number of Topliss-reactive ketones (excluding diaryl/α,β-unsaturated/α-hetero) is 2. The Bertz CT molecular complexity index is 770. The molecule has 28 heavy (non-hydrogen) atoms. The molecule has 0 amide bonds. The van der Waals surface area contributed by atoms with Crippen LogP contribution in [0.5, 0.6) is 5.75 Å². The fraction of sp³-hybridized carbons (Fsp3) is 0.391. The quantitative estimate of drug-likeness (QED) is 0.508. The van der Waals surface area contributed by atoms with Crippen LogP contribution in [0, 0.1) is 18.6 Å². The first-order chi connectivity index (χ1) is 13.4. The Morgan fingerprint density at radius 1 is 0.929 bits per heavy atom. The molecule has 0 saturated heterocycles. The second kappa shape index (κ2) is 13.6. The number of aryl methyl sites for hydroxylation is 1. The number of ether oxygens (including phenoxy) is 1. The number of benzene rings is 2. The lowest BCUT2D eigenvalue weighted by atomic mass is 10.0. The fourth-order valence-corrected chi connectivity index (χ4v) is 2.21. The molecule has 0 N–H and O–H groups in total. The van der Waals surface area contributed by atoms with Crippen LogP contribution in [0.3, 0.4) is 0 Å². The van der Waals surface area contributed by atoms with Crippen molar-refractivity contribution in [1.82, 2.24) is 0 Å². The van der Waals surface area contributed by atoms with Gasteiger partial charge in [-0.25, -0.2) is 8.78 Å². The second-order valence-electron chi connectivity index (χ2n) is 5.65. The van der Waals surface area contributed by atoms with E-state index in [1.54, 1.807) is 18.2 Å². The standard InChI is InChI=1S/C19H18F2O3.2C2H6/c1-12-3-8-19(16(9-12)18(23)7-4-13(2)22)24-11-14-5-6-15(20)10-17(14)21;2*1-2/h3,5-6,8-10H,4,7,11H2,1-2H3;2*1-2H3. The number of hydrogen-bond donors (Lipinski definition) is 0. The van der Waals surface area contributed by atoms with Crippen LogP contribution in [0.1, 0.15) is 68.9 Å². The third-order valence-corrected chi connectivity index (χ3v) is 3.54. The number of halogens is 2. The molecule has 0 aliphatic carbocycles. The van der Waals surface area contributed by atoms with Gasteiger partial charge in [0.05, 0.1) is 5.56 Å². The average molecular weight is 392 g/mol. The minimum Gasteiger partial charge on any atom is -0.488 e. The lowest BCUT2D eigenvalue weighted by Crippen LogP contribution is -2.07. The molecule has 154 valence electrons. The molecule has 0 heterocycles. The monoisotopic (exact) mass is 392 g/mol. The number of carbonyl (C=O) groups excluding carboxylic acids is 2. The summed E-state index contributed by atoms with van der Waals surface area (Å²) in [4.78, 5) is 23.3. The summed E-state index contributed by atoms with van der Waals surface area (Å²) in [6.07, 6.45) is 0.263. The van der Waals surface area contributed by atoms with E-state index in [0.29, 0.717) is 11.3 Å². The zero-order valence-corrected chi connectivity index (χ0v) is 17.6. The molecule has 0 unspecified atom stereocenters. The highest BCUT2D eigenvalue weighted by Crippen LogP contribution is 2.24. The maximum Gasteiger partial charge on any atom is 0.167 e. The van der Waals surface area contributed by atoms with Crippen LogP contribution in [-0.4, -0.2) is 11.6 Å². The number of rotatable bonds is 7. The molecule has 3 nitrogen and oxygen atoms in total. The zero-order valence-electron chi connectivity index (χ0n) is 17.6. The number of carbonyl (C=O) groups is 2. The number of hydrogen-bond acceptors (Lipinski definition) is 3. The Hall–Kier alpha value is -2.56. The molecule has 0 aromatic heterocycles. The smallest absolute Gasteiger partial charge is 0.167 e. The van der Waals surface area contributed by atoms with Crippen molar-refractivity contribution in [2.45, 2.75) is 61.0 Å². The fourth-order valence-electron chi connectivity index (χ4n) is 2.21. The van der Waals surface area contributed by atoms with E-state index < -0.39 is 11.6 Å². The molecule has 0 aliphatic rings. The summed E-state index contributed by atoms with van der Waals surface area (Å²) < 4.78 is 32.1. The van der Waals surface area contributed by atoms with Crippen molar-refractivity contribution >= 4 is 11.6 Å². The van der Waals surface area contributed by atoms with Crippen LogP contribution < -0.4 is 4.74 Å². The summed E-state index contributed by atoms with van der Waals surface area (Å²) in [5.74, 6) is -1.31. The topological polar surface area (TPSA) is 43.4 Å². The molecule has 0 bridgehead atoms. The van der Waals surface area contributed by atoms with Crippen LogP contribution in [0.4, 0.5) is 8.78 Å². The third-order valence-electron chi connectivity index (χ3n) is 3.54. The first-order valence-electron chi connectivity index (χ1n) is 9.57. The molecule has 0 fully saturated rings. The average Bonchev–Trinajstić information content (AvgIpc) is 2.69. The predicted octanol–water partition coefficient (Wildman–Crippen LogP) is 6.46. The third kappa shape index (κ3) is 8.42. The van der Waals surface area contributed by atoms with E-state index in [0.717, 1.165) is 17.7 Å². The summed E-state index contributed by atoms with van der Waals surface area (Å²) in [6.45, 7) is 11.1. The van der Waals surface area contributed by atoms with Gasteiger partial charge in [0.25, 0.3) is 0 Å². The lowest BCUT2D eigenvalue weighted by Gasteiger charge is -2.12. The summed E-state index contributed by atoms with van der Waals surface area (Å²) in [6, 6.07) is 8.33. The van der Waals surface area contributed by atoms with Gasteiger partial charge >= 0.3 is 0 Å². The van der Waals surface area contributed by atoms with Gasteiger partial charge < -0.3 is 9.53 Å². The molecule has 0 saturated carbocycles. The Kier molecular flexibility index (Phi) is 12.3. The molecular weight excluding hydrogens is 362 g/mol. The van der Waals surface area contributed by atoms with Crippen molar-refractivity contribution in [2.75, 3.05) is 0 Å². The zero-order chi connectivity index (χ0) is 21.7. The van der Waals surface area contributed by atoms with Crippen molar-refractivity contribution in [3.05, 3.63) is 64.7 Å². The first-order valence-corrected chi connectivity index (χ1v) is 9.57. The maximum atomic E-state index is 13.7. The van der Waals surface area contributed by atoms with Gasteiger partial charge in [-0.2, -0.15) is 0 Å². The van der Waals surface area contributed by atoms with Gasteiger partial charge in [0, 0.05) is 24.5 Å². The number of ketones is 2. The van der Waals surface area contributed by atoms with Crippen molar-refractivity contribution < 1.29 is 23.1 Å². The predicted molar refractivity (Wildman–Crippen MR) is 109 cm³/mol. The molecular formula is C23H30F2O3. The molecule has 2 aromatic rings. The molecule has 2 rings (SSSR count). The van der Waals surface area contributed by atoms with Crippen LogP contribution in [0.15, 0.2) is 36.4 Å². The summed E-state index contributed by atoms with van der Waals surface area (Å²) in [5.41, 5.74) is 1.43. The lowest BCUT2D eigenvalue weighted by molar-refractivity contribution is -0.116. The Labute approximate surface area is 166 Å². The minimum atomic E-state index is -0.702. The van der Waals surface area contributed by atoms with E-state index in [4.69, 9.17) is 4.74 Å². The largest absolute Gasteiger partial charge is 0.488 e. The first kappa shape index (κ1) is 25.4. The van der Waals surface area contributed by atoms with Crippen molar-refractivity contribution in [2.24, 2.45) is 0 Å². The van der Waals surface area contributed by atoms with Gasteiger partial charge in [-0.05, 0) is 38.1 Å². The highest BCUT2D eigenvalue weighted by atomic mass is 19.1. The van der Waals surface area contributed by atoms with Crippen LogP contribution in [0.2, 0.25) is 0 Å². The van der Waals surface area contributed by atoms with E-state index in [9.17, 15) is 18.4 Å². The molecule has 5 heteroatoms. The van der Waals surface area contributed by atoms with Gasteiger partial charge in [0.15, 0.2) is 5.78 Å². The van der Waals surface area contributed by atoms with Gasteiger partial charge in [-0.3, -0.25) is 4.79 Å². The minimum absolute atomic E-state index is 0.0631. The molecule has 0 radical (unpaired) electrons. The highest BCUT2D eigenvalue weighted by Gasteiger charge is 2.14. The van der Waals surface area contributed by atoms with Gasteiger partial charge in [-0.1, -0.05) is 39.3 Å².